The first-order valence-corrected chi connectivity index (χ1v) is 4.02. The number of hydrogen-bond donors (Lipinski definition) is 0. The molecule has 1 aliphatic rings. The third-order valence-corrected chi connectivity index (χ3v) is 2.13. The van der Waals surface area contributed by atoms with Gasteiger partial charge in [-0.3, -0.25) is 0 Å². The molecule has 0 aliphatic heterocycles. The summed E-state index contributed by atoms with van der Waals surface area (Å²) >= 11 is 0. The Labute approximate surface area is 70.4 Å². The molecule has 4 heteroatoms. The first kappa shape index (κ1) is 8.85. The molecule has 0 radical (unpaired) electrons. The van der Waals surface area contributed by atoms with Crippen LogP contribution in [0.3, 0.4) is 0 Å². The average Bonchev–Trinajstić information content (AvgIpc) is 2.09. The maximum atomic E-state index is 9.99. The van der Waals surface area contributed by atoms with Crippen molar-refractivity contribution in [2.75, 3.05) is 0 Å². The van der Waals surface area contributed by atoms with Gasteiger partial charge in [0.2, 0.25) is 12.2 Å². The van der Waals surface area contributed by atoms with Gasteiger partial charge >= 0.3 is 0 Å². The van der Waals surface area contributed by atoms with E-state index in [-0.39, 0.29) is 12.1 Å². The standard InChI is InChI=1S/C8H10N2O2/c11-5-9-7-3-1-2-4-8(7)10-6-12/h7-8H,1-4H2. The van der Waals surface area contributed by atoms with Crippen molar-refractivity contribution in [1.29, 1.82) is 0 Å². The summed E-state index contributed by atoms with van der Waals surface area (Å²) in [7, 11) is 0. The summed E-state index contributed by atoms with van der Waals surface area (Å²) in [5.74, 6) is 0. The fourth-order valence-electron chi connectivity index (χ4n) is 1.53. The van der Waals surface area contributed by atoms with Crippen LogP contribution in [0.5, 0.6) is 0 Å². The summed E-state index contributed by atoms with van der Waals surface area (Å²) in [4.78, 5) is 27.2. The van der Waals surface area contributed by atoms with Crippen LogP contribution in [0.2, 0.25) is 0 Å². The first-order valence-electron chi connectivity index (χ1n) is 4.02. The van der Waals surface area contributed by atoms with Crippen LogP contribution in [0.25, 0.3) is 0 Å². The molecule has 0 spiro atoms. The molecule has 12 heavy (non-hydrogen) atoms. The summed E-state index contributed by atoms with van der Waals surface area (Å²) in [6.07, 6.45) is 6.76. The largest absolute Gasteiger partial charge is 0.235 e. The molecule has 2 atom stereocenters. The molecule has 0 bridgehead atoms. The highest BCUT2D eigenvalue weighted by Crippen LogP contribution is 2.22. The molecule has 0 N–H and O–H groups in total. The van der Waals surface area contributed by atoms with Crippen molar-refractivity contribution in [3.8, 4) is 0 Å². The Morgan fingerprint density at radius 3 is 1.67 bits per heavy atom. The Bertz CT molecular complexity index is 213. The Kier molecular flexibility index (Phi) is 3.39. The lowest BCUT2D eigenvalue weighted by Crippen LogP contribution is -2.26. The summed E-state index contributed by atoms with van der Waals surface area (Å²) < 4.78 is 0. The van der Waals surface area contributed by atoms with Gasteiger partial charge in [0.05, 0.1) is 12.1 Å². The van der Waals surface area contributed by atoms with Crippen LogP contribution >= 0.6 is 0 Å². The molecule has 64 valence electrons. The van der Waals surface area contributed by atoms with Crippen LogP contribution in [-0.2, 0) is 9.59 Å². The molecule has 0 saturated heterocycles. The van der Waals surface area contributed by atoms with E-state index in [1.165, 1.54) is 12.2 Å². The summed E-state index contributed by atoms with van der Waals surface area (Å²) in [6.45, 7) is 0. The Morgan fingerprint density at radius 2 is 1.33 bits per heavy atom. The molecule has 0 aromatic rings. The number of rotatable bonds is 2. The lowest BCUT2D eigenvalue weighted by molar-refractivity contribution is 0.384. The van der Waals surface area contributed by atoms with Crippen molar-refractivity contribution in [3.05, 3.63) is 0 Å². The lowest BCUT2D eigenvalue weighted by atomic mass is 9.91. The second-order valence-electron chi connectivity index (χ2n) is 2.86. The van der Waals surface area contributed by atoms with Gasteiger partial charge in [0.25, 0.3) is 0 Å². The van der Waals surface area contributed by atoms with Gasteiger partial charge in [0.1, 0.15) is 0 Å². The summed E-state index contributed by atoms with van der Waals surface area (Å²) in [5, 5.41) is 0. The molecular weight excluding hydrogens is 156 g/mol. The molecule has 1 rings (SSSR count). The van der Waals surface area contributed by atoms with Crippen LogP contribution in [0, 0.1) is 0 Å². The van der Waals surface area contributed by atoms with E-state index in [0.717, 1.165) is 25.7 Å². The molecule has 2 unspecified atom stereocenters. The van der Waals surface area contributed by atoms with Gasteiger partial charge in [-0.2, -0.15) is 0 Å². The molecule has 0 heterocycles. The highest BCUT2D eigenvalue weighted by atomic mass is 16.1. The lowest BCUT2D eigenvalue weighted by Gasteiger charge is -2.22. The number of aliphatic imine (C=N–C) groups is 2. The quantitative estimate of drug-likeness (QED) is 0.453. The molecule has 0 aromatic heterocycles. The van der Waals surface area contributed by atoms with Gasteiger partial charge in [-0.05, 0) is 12.8 Å². The van der Waals surface area contributed by atoms with E-state index >= 15 is 0 Å². The van der Waals surface area contributed by atoms with Crippen molar-refractivity contribution in [2.24, 2.45) is 9.98 Å². The van der Waals surface area contributed by atoms with Crippen molar-refractivity contribution < 1.29 is 9.59 Å². The predicted molar refractivity (Wildman–Crippen MR) is 42.3 cm³/mol. The minimum atomic E-state index is -0.141. The Morgan fingerprint density at radius 1 is 0.917 bits per heavy atom. The molecule has 4 nitrogen and oxygen atoms in total. The van der Waals surface area contributed by atoms with Crippen LogP contribution in [0.15, 0.2) is 9.98 Å². The number of nitrogens with zero attached hydrogens (tertiary/aromatic N) is 2. The van der Waals surface area contributed by atoms with E-state index < -0.39 is 0 Å². The fourth-order valence-corrected chi connectivity index (χ4v) is 1.53. The van der Waals surface area contributed by atoms with Crippen molar-refractivity contribution in [2.45, 2.75) is 37.8 Å². The summed E-state index contributed by atoms with van der Waals surface area (Å²) in [6, 6.07) is -0.282. The Hall–Kier alpha value is -1.24. The zero-order valence-corrected chi connectivity index (χ0v) is 6.69. The maximum Gasteiger partial charge on any atom is 0.235 e. The van der Waals surface area contributed by atoms with E-state index in [4.69, 9.17) is 0 Å². The summed E-state index contributed by atoms with van der Waals surface area (Å²) in [5.41, 5.74) is 0. The van der Waals surface area contributed by atoms with Gasteiger partial charge in [-0.25, -0.2) is 19.6 Å². The fraction of sp³-hybridized carbons (Fsp3) is 0.750. The van der Waals surface area contributed by atoms with Gasteiger partial charge < -0.3 is 0 Å². The van der Waals surface area contributed by atoms with E-state index in [2.05, 4.69) is 9.98 Å². The molecule has 1 aliphatic carbocycles. The van der Waals surface area contributed by atoms with E-state index in [9.17, 15) is 9.59 Å². The molecule has 0 amide bonds. The highest BCUT2D eigenvalue weighted by molar-refractivity contribution is 5.36. The number of hydrogen-bond acceptors (Lipinski definition) is 4. The Balaban J connectivity index is 2.65. The van der Waals surface area contributed by atoms with Gasteiger partial charge in [-0.15, -0.1) is 0 Å². The van der Waals surface area contributed by atoms with Crippen LogP contribution in [0.1, 0.15) is 25.7 Å². The van der Waals surface area contributed by atoms with Gasteiger partial charge in [-0.1, -0.05) is 12.8 Å². The second kappa shape index (κ2) is 4.60. The maximum absolute atomic E-state index is 9.99. The van der Waals surface area contributed by atoms with E-state index in [1.54, 1.807) is 0 Å². The number of isocyanates is 2. The van der Waals surface area contributed by atoms with E-state index in [1.807, 2.05) is 0 Å². The normalized spacial score (nSPS) is 28.3. The zero-order valence-electron chi connectivity index (χ0n) is 6.69. The third kappa shape index (κ3) is 2.12. The highest BCUT2D eigenvalue weighted by Gasteiger charge is 2.23. The topological polar surface area (TPSA) is 58.9 Å². The molecule has 0 aromatic carbocycles. The zero-order chi connectivity index (χ0) is 8.81. The van der Waals surface area contributed by atoms with Crippen molar-refractivity contribution in [3.63, 3.8) is 0 Å². The monoisotopic (exact) mass is 166 g/mol. The van der Waals surface area contributed by atoms with Crippen molar-refractivity contribution in [1.82, 2.24) is 0 Å². The number of carbonyl (C=O) groups excluding carboxylic acids is 2. The molecule has 1 fully saturated rings. The minimum absolute atomic E-state index is 0.141. The smallest absolute Gasteiger partial charge is 0.211 e. The first-order chi connectivity index (χ1) is 5.88. The third-order valence-electron chi connectivity index (χ3n) is 2.13. The molecule has 1 saturated carbocycles. The second-order valence-corrected chi connectivity index (χ2v) is 2.86. The average molecular weight is 166 g/mol. The van der Waals surface area contributed by atoms with Gasteiger partial charge in [0, 0.05) is 0 Å². The minimum Gasteiger partial charge on any atom is -0.211 e. The SMILES string of the molecule is O=C=NC1CCCCC1N=C=O. The van der Waals surface area contributed by atoms with E-state index in [0.29, 0.717) is 0 Å². The van der Waals surface area contributed by atoms with Crippen LogP contribution < -0.4 is 0 Å². The van der Waals surface area contributed by atoms with Crippen molar-refractivity contribution >= 4 is 12.2 Å². The van der Waals surface area contributed by atoms with Crippen LogP contribution in [-0.4, -0.2) is 24.2 Å². The predicted octanol–water partition coefficient (Wildman–Crippen LogP) is 0.969. The van der Waals surface area contributed by atoms with Gasteiger partial charge in [0.15, 0.2) is 0 Å². The molecular formula is C8H10N2O2. The van der Waals surface area contributed by atoms with Crippen LogP contribution in [0.4, 0.5) is 0 Å².